The van der Waals surface area contributed by atoms with Crippen LogP contribution in [0.2, 0.25) is 0 Å². The molecule has 1 aliphatic carbocycles. The standard InChI is InChI=1S/C18H18N4O4S/c1-26-13-6-2-11(3-7-13)8-19-15(23)9-21-14-10-27-20-16(14)17(24)22(18(21)25)12-4-5-12/h2-3,6-7,10,12H,4-5,8-9H2,1H3,(H,19,23). The monoisotopic (exact) mass is 386 g/mol. The molecular formula is C18H18N4O4S. The lowest BCUT2D eigenvalue weighted by Crippen LogP contribution is -2.42. The second-order valence-electron chi connectivity index (χ2n) is 6.45. The van der Waals surface area contributed by atoms with Crippen molar-refractivity contribution in [1.29, 1.82) is 0 Å². The van der Waals surface area contributed by atoms with Crippen LogP contribution in [0.25, 0.3) is 11.0 Å². The first-order chi connectivity index (χ1) is 13.1. The van der Waals surface area contributed by atoms with Crippen molar-refractivity contribution in [2.75, 3.05) is 7.11 Å². The fraction of sp³-hybridized carbons (Fsp3) is 0.333. The normalized spacial score (nSPS) is 13.7. The van der Waals surface area contributed by atoms with Crippen molar-refractivity contribution in [2.45, 2.75) is 32.0 Å². The Balaban J connectivity index is 1.55. The van der Waals surface area contributed by atoms with E-state index in [0.29, 0.717) is 12.1 Å². The third-order valence-corrected chi connectivity index (χ3v) is 5.18. The molecule has 1 saturated carbocycles. The van der Waals surface area contributed by atoms with E-state index in [2.05, 4.69) is 9.69 Å². The topological polar surface area (TPSA) is 95.2 Å². The first kappa shape index (κ1) is 17.5. The largest absolute Gasteiger partial charge is 0.497 e. The highest BCUT2D eigenvalue weighted by Gasteiger charge is 2.29. The van der Waals surface area contributed by atoms with Crippen LogP contribution in [0.3, 0.4) is 0 Å². The molecule has 3 aromatic rings. The van der Waals surface area contributed by atoms with Gasteiger partial charge in [-0.3, -0.25) is 18.7 Å². The Kier molecular flexibility index (Phi) is 4.53. The van der Waals surface area contributed by atoms with E-state index in [4.69, 9.17) is 4.74 Å². The fourth-order valence-electron chi connectivity index (χ4n) is 2.96. The predicted octanol–water partition coefficient (Wildman–Crippen LogP) is 1.28. The number of carbonyl (C=O) groups excluding carboxylic acids is 1. The molecule has 0 aliphatic heterocycles. The lowest BCUT2D eigenvalue weighted by Gasteiger charge is -2.11. The summed E-state index contributed by atoms with van der Waals surface area (Å²) in [4.78, 5) is 37.7. The van der Waals surface area contributed by atoms with E-state index in [1.54, 1.807) is 12.5 Å². The fourth-order valence-corrected chi connectivity index (χ4v) is 3.63. The molecule has 1 aromatic carbocycles. The molecule has 1 N–H and O–H groups in total. The van der Waals surface area contributed by atoms with Crippen molar-refractivity contribution >= 4 is 28.5 Å². The molecule has 1 fully saturated rings. The average Bonchev–Trinajstić information content (AvgIpc) is 3.38. The number of fused-ring (bicyclic) bond motifs is 1. The average molecular weight is 386 g/mol. The molecule has 0 atom stereocenters. The van der Waals surface area contributed by atoms with E-state index < -0.39 is 5.69 Å². The molecule has 1 amide bonds. The van der Waals surface area contributed by atoms with Gasteiger partial charge in [0.05, 0.1) is 12.6 Å². The first-order valence-electron chi connectivity index (χ1n) is 8.57. The maximum absolute atomic E-state index is 12.8. The number of ether oxygens (including phenoxy) is 1. The quantitative estimate of drug-likeness (QED) is 0.689. The minimum absolute atomic E-state index is 0.0790. The summed E-state index contributed by atoms with van der Waals surface area (Å²) < 4.78 is 11.8. The smallest absolute Gasteiger partial charge is 0.332 e. The Morgan fingerprint density at radius 1 is 1.30 bits per heavy atom. The van der Waals surface area contributed by atoms with Gasteiger partial charge in [-0.1, -0.05) is 12.1 Å². The second kappa shape index (κ2) is 6.99. The van der Waals surface area contributed by atoms with Crippen molar-refractivity contribution in [3.63, 3.8) is 0 Å². The van der Waals surface area contributed by atoms with Crippen molar-refractivity contribution in [3.8, 4) is 5.75 Å². The highest BCUT2D eigenvalue weighted by atomic mass is 32.1. The molecule has 2 heterocycles. The van der Waals surface area contributed by atoms with Crippen LogP contribution in [0.5, 0.6) is 5.75 Å². The van der Waals surface area contributed by atoms with Crippen molar-refractivity contribution in [2.24, 2.45) is 0 Å². The number of benzene rings is 1. The van der Waals surface area contributed by atoms with Gasteiger partial charge in [-0.05, 0) is 42.1 Å². The number of aromatic nitrogens is 3. The van der Waals surface area contributed by atoms with Gasteiger partial charge >= 0.3 is 5.69 Å². The molecule has 27 heavy (non-hydrogen) atoms. The number of nitrogens with one attached hydrogen (secondary N) is 1. The number of hydrogen-bond acceptors (Lipinski definition) is 6. The van der Waals surface area contributed by atoms with Crippen molar-refractivity contribution in [1.82, 2.24) is 18.8 Å². The lowest BCUT2D eigenvalue weighted by molar-refractivity contribution is -0.121. The maximum atomic E-state index is 12.8. The SMILES string of the molecule is COc1ccc(CNC(=O)Cn2c(=O)n(C3CC3)c(=O)c3nscc32)cc1. The van der Waals surface area contributed by atoms with E-state index in [-0.39, 0.29) is 29.6 Å². The molecule has 0 saturated heterocycles. The zero-order valence-corrected chi connectivity index (χ0v) is 15.5. The summed E-state index contributed by atoms with van der Waals surface area (Å²) in [6, 6.07) is 7.28. The number of hydrogen-bond donors (Lipinski definition) is 1. The Morgan fingerprint density at radius 2 is 2.04 bits per heavy atom. The third kappa shape index (κ3) is 3.37. The highest BCUT2D eigenvalue weighted by molar-refractivity contribution is 7.04. The van der Waals surface area contributed by atoms with E-state index in [1.165, 1.54) is 9.13 Å². The van der Waals surface area contributed by atoms with Gasteiger partial charge in [0.25, 0.3) is 5.56 Å². The third-order valence-electron chi connectivity index (χ3n) is 4.56. The first-order valence-corrected chi connectivity index (χ1v) is 9.41. The van der Waals surface area contributed by atoms with Crippen LogP contribution >= 0.6 is 11.5 Å². The van der Waals surface area contributed by atoms with E-state index in [1.807, 2.05) is 24.3 Å². The second-order valence-corrected chi connectivity index (χ2v) is 7.08. The van der Waals surface area contributed by atoms with Crippen LogP contribution in [-0.4, -0.2) is 26.5 Å². The van der Waals surface area contributed by atoms with E-state index in [9.17, 15) is 14.4 Å². The van der Waals surface area contributed by atoms with Crippen LogP contribution in [0, 0.1) is 0 Å². The van der Waals surface area contributed by atoms with Crippen LogP contribution in [0.4, 0.5) is 0 Å². The zero-order valence-electron chi connectivity index (χ0n) is 14.7. The summed E-state index contributed by atoms with van der Waals surface area (Å²) in [5.41, 5.74) is 0.756. The minimum Gasteiger partial charge on any atom is -0.497 e. The number of amides is 1. The molecule has 9 heteroatoms. The summed E-state index contributed by atoms with van der Waals surface area (Å²) in [6.07, 6.45) is 1.60. The lowest BCUT2D eigenvalue weighted by atomic mass is 10.2. The summed E-state index contributed by atoms with van der Waals surface area (Å²) in [5, 5.41) is 4.44. The predicted molar refractivity (Wildman–Crippen MR) is 101 cm³/mol. The van der Waals surface area contributed by atoms with Gasteiger partial charge in [-0.2, -0.15) is 4.37 Å². The molecule has 0 bridgehead atoms. The summed E-state index contributed by atoms with van der Waals surface area (Å²) in [6.45, 7) is 0.182. The number of methoxy groups -OCH3 is 1. The molecule has 8 nitrogen and oxygen atoms in total. The minimum atomic E-state index is -0.449. The number of nitrogens with zero attached hydrogens (tertiary/aromatic N) is 3. The van der Waals surface area contributed by atoms with Crippen molar-refractivity contribution in [3.05, 3.63) is 56.0 Å². The van der Waals surface area contributed by atoms with Gasteiger partial charge in [0.1, 0.15) is 12.3 Å². The Bertz CT molecular complexity index is 1110. The van der Waals surface area contributed by atoms with Gasteiger partial charge in [0.2, 0.25) is 5.91 Å². The van der Waals surface area contributed by atoms with Gasteiger partial charge in [0.15, 0.2) is 5.52 Å². The Labute approximate surface area is 158 Å². The molecule has 0 spiro atoms. The molecule has 2 aromatic heterocycles. The molecular weight excluding hydrogens is 368 g/mol. The Hall–Kier alpha value is -2.94. The van der Waals surface area contributed by atoms with Gasteiger partial charge in [-0.15, -0.1) is 0 Å². The molecule has 1 aliphatic rings. The summed E-state index contributed by atoms with van der Waals surface area (Å²) >= 11 is 1.10. The van der Waals surface area contributed by atoms with Crippen LogP contribution in [0.1, 0.15) is 24.4 Å². The molecule has 140 valence electrons. The van der Waals surface area contributed by atoms with Crippen LogP contribution in [0.15, 0.2) is 39.2 Å². The maximum Gasteiger partial charge on any atom is 0.332 e. The number of carbonyl (C=O) groups is 1. The molecule has 4 rings (SSSR count). The van der Waals surface area contributed by atoms with Gasteiger partial charge in [-0.25, -0.2) is 4.79 Å². The van der Waals surface area contributed by atoms with Crippen LogP contribution < -0.4 is 21.3 Å². The van der Waals surface area contributed by atoms with Crippen molar-refractivity contribution < 1.29 is 9.53 Å². The van der Waals surface area contributed by atoms with Gasteiger partial charge in [0, 0.05) is 18.0 Å². The number of rotatable bonds is 6. The summed E-state index contributed by atoms with van der Waals surface area (Å²) in [5.74, 6) is 0.438. The van der Waals surface area contributed by atoms with Crippen LogP contribution in [-0.2, 0) is 17.9 Å². The van der Waals surface area contributed by atoms with Gasteiger partial charge < -0.3 is 10.1 Å². The zero-order chi connectivity index (χ0) is 19.0. The van der Waals surface area contributed by atoms with E-state index >= 15 is 0 Å². The highest BCUT2D eigenvalue weighted by Crippen LogP contribution is 2.32. The summed E-state index contributed by atoms with van der Waals surface area (Å²) in [7, 11) is 1.59. The van der Waals surface area contributed by atoms with E-state index in [0.717, 1.165) is 35.7 Å². The molecule has 0 unspecified atom stereocenters. The molecule has 0 radical (unpaired) electrons. The Morgan fingerprint density at radius 3 is 2.70 bits per heavy atom.